The van der Waals surface area contributed by atoms with Gasteiger partial charge in [0.15, 0.2) is 0 Å². The maximum Gasteiger partial charge on any atom is 0.0475 e. The van der Waals surface area contributed by atoms with E-state index >= 15 is 0 Å². The standard InChI is InChI=1S/C9H14BrN3/c1-2-3-9(13-11)7-4-8(10)6-12-5-7/h4-6,9,13H,2-3,11H2,1H3. The Hall–Kier alpha value is -0.450. The summed E-state index contributed by atoms with van der Waals surface area (Å²) in [5, 5.41) is 0. The molecule has 0 spiro atoms. The Balaban J connectivity index is 2.78. The highest BCUT2D eigenvalue weighted by Gasteiger charge is 2.08. The van der Waals surface area contributed by atoms with Crippen molar-refractivity contribution in [2.75, 3.05) is 0 Å². The molecule has 13 heavy (non-hydrogen) atoms. The second-order valence-corrected chi connectivity index (χ2v) is 3.86. The predicted octanol–water partition coefficient (Wildman–Crippen LogP) is 2.15. The minimum Gasteiger partial charge on any atom is -0.271 e. The Bertz CT molecular complexity index is 265. The number of hydrogen-bond donors (Lipinski definition) is 2. The number of nitrogens with zero attached hydrogens (tertiary/aromatic N) is 1. The van der Waals surface area contributed by atoms with Gasteiger partial charge in [0.25, 0.3) is 0 Å². The molecule has 72 valence electrons. The highest BCUT2D eigenvalue weighted by Crippen LogP contribution is 2.19. The van der Waals surface area contributed by atoms with Crippen molar-refractivity contribution in [2.45, 2.75) is 25.8 Å². The van der Waals surface area contributed by atoms with Crippen LogP contribution >= 0.6 is 15.9 Å². The molecule has 0 fully saturated rings. The molecule has 3 nitrogen and oxygen atoms in total. The number of nitrogens with one attached hydrogen (secondary N) is 1. The maximum atomic E-state index is 5.45. The summed E-state index contributed by atoms with van der Waals surface area (Å²) < 4.78 is 0.987. The maximum absolute atomic E-state index is 5.45. The molecule has 0 amide bonds. The van der Waals surface area contributed by atoms with Crippen molar-refractivity contribution in [2.24, 2.45) is 5.84 Å². The van der Waals surface area contributed by atoms with Crippen molar-refractivity contribution in [1.29, 1.82) is 0 Å². The molecule has 1 unspecified atom stereocenters. The fraction of sp³-hybridized carbons (Fsp3) is 0.444. The van der Waals surface area contributed by atoms with E-state index in [0.717, 1.165) is 22.9 Å². The zero-order valence-electron chi connectivity index (χ0n) is 7.63. The topological polar surface area (TPSA) is 50.9 Å². The van der Waals surface area contributed by atoms with Crippen LogP contribution in [0.15, 0.2) is 22.9 Å². The van der Waals surface area contributed by atoms with Gasteiger partial charge in [-0.1, -0.05) is 13.3 Å². The van der Waals surface area contributed by atoms with Gasteiger partial charge < -0.3 is 0 Å². The monoisotopic (exact) mass is 243 g/mol. The van der Waals surface area contributed by atoms with E-state index in [1.165, 1.54) is 0 Å². The molecule has 0 aliphatic carbocycles. The first-order valence-corrected chi connectivity index (χ1v) is 5.13. The summed E-state index contributed by atoms with van der Waals surface area (Å²) >= 11 is 3.38. The molecule has 0 aliphatic heterocycles. The first-order valence-electron chi connectivity index (χ1n) is 4.34. The number of halogens is 1. The molecule has 0 bridgehead atoms. The van der Waals surface area contributed by atoms with Crippen LogP contribution in [0, 0.1) is 0 Å². The Morgan fingerprint density at radius 3 is 2.92 bits per heavy atom. The minimum absolute atomic E-state index is 0.204. The fourth-order valence-corrected chi connectivity index (χ4v) is 1.64. The Morgan fingerprint density at radius 1 is 1.62 bits per heavy atom. The summed E-state index contributed by atoms with van der Waals surface area (Å²) in [6.45, 7) is 2.13. The zero-order chi connectivity index (χ0) is 9.68. The molecule has 0 saturated carbocycles. The summed E-state index contributed by atoms with van der Waals surface area (Å²) in [6, 6.07) is 2.24. The Labute approximate surface area is 86.8 Å². The summed E-state index contributed by atoms with van der Waals surface area (Å²) in [6.07, 6.45) is 5.73. The lowest BCUT2D eigenvalue weighted by molar-refractivity contribution is 0.508. The van der Waals surface area contributed by atoms with E-state index in [4.69, 9.17) is 5.84 Å². The summed E-state index contributed by atoms with van der Waals surface area (Å²) in [4.78, 5) is 4.09. The molecular weight excluding hydrogens is 230 g/mol. The van der Waals surface area contributed by atoms with Crippen molar-refractivity contribution >= 4 is 15.9 Å². The molecule has 1 rings (SSSR count). The van der Waals surface area contributed by atoms with E-state index in [9.17, 15) is 0 Å². The van der Waals surface area contributed by atoms with Gasteiger partial charge in [-0.25, -0.2) is 0 Å². The molecule has 1 aromatic rings. The van der Waals surface area contributed by atoms with Gasteiger partial charge in [0.2, 0.25) is 0 Å². The number of hydrazine groups is 1. The number of pyridine rings is 1. The van der Waals surface area contributed by atoms with Crippen LogP contribution in [0.1, 0.15) is 31.4 Å². The molecule has 1 atom stereocenters. The van der Waals surface area contributed by atoms with Crippen molar-refractivity contribution in [1.82, 2.24) is 10.4 Å². The Kier molecular flexibility index (Phi) is 4.35. The van der Waals surface area contributed by atoms with Crippen molar-refractivity contribution < 1.29 is 0 Å². The van der Waals surface area contributed by atoms with E-state index in [-0.39, 0.29) is 6.04 Å². The van der Waals surface area contributed by atoms with Gasteiger partial charge in [-0.05, 0) is 34.0 Å². The third-order valence-corrected chi connectivity index (χ3v) is 2.34. The summed E-state index contributed by atoms with van der Waals surface area (Å²) in [5.41, 5.74) is 3.91. The van der Waals surface area contributed by atoms with Crippen LogP contribution < -0.4 is 11.3 Å². The fourth-order valence-electron chi connectivity index (χ4n) is 1.25. The third-order valence-electron chi connectivity index (χ3n) is 1.91. The second kappa shape index (κ2) is 5.32. The SMILES string of the molecule is CCCC(NN)c1cncc(Br)c1. The van der Waals surface area contributed by atoms with Crippen LogP contribution in [0.2, 0.25) is 0 Å². The van der Waals surface area contributed by atoms with Crippen LogP contribution in [-0.2, 0) is 0 Å². The minimum atomic E-state index is 0.204. The van der Waals surface area contributed by atoms with Crippen LogP contribution in [0.4, 0.5) is 0 Å². The summed E-state index contributed by atoms with van der Waals surface area (Å²) in [5.74, 6) is 5.45. The number of aromatic nitrogens is 1. The summed E-state index contributed by atoms with van der Waals surface area (Å²) in [7, 11) is 0. The Morgan fingerprint density at radius 2 is 2.38 bits per heavy atom. The van der Waals surface area contributed by atoms with E-state index in [1.54, 1.807) is 6.20 Å². The first kappa shape index (κ1) is 10.6. The van der Waals surface area contributed by atoms with Gasteiger partial charge in [-0.15, -0.1) is 0 Å². The third kappa shape index (κ3) is 3.06. The lowest BCUT2D eigenvalue weighted by Crippen LogP contribution is -2.27. The average Bonchev–Trinajstić information content (AvgIpc) is 2.14. The number of rotatable bonds is 4. The van der Waals surface area contributed by atoms with Gasteiger partial charge >= 0.3 is 0 Å². The van der Waals surface area contributed by atoms with Crippen molar-refractivity contribution in [3.8, 4) is 0 Å². The van der Waals surface area contributed by atoms with Crippen LogP contribution in [0.5, 0.6) is 0 Å². The molecule has 3 N–H and O–H groups in total. The van der Waals surface area contributed by atoms with Gasteiger partial charge in [-0.3, -0.25) is 16.3 Å². The number of hydrogen-bond acceptors (Lipinski definition) is 3. The lowest BCUT2D eigenvalue weighted by atomic mass is 10.1. The quantitative estimate of drug-likeness (QED) is 0.630. The normalized spacial score (nSPS) is 12.8. The molecule has 1 heterocycles. The average molecular weight is 244 g/mol. The molecule has 0 saturated heterocycles. The van der Waals surface area contributed by atoms with Crippen LogP contribution in [-0.4, -0.2) is 4.98 Å². The van der Waals surface area contributed by atoms with Crippen LogP contribution in [0.25, 0.3) is 0 Å². The van der Waals surface area contributed by atoms with Crippen LogP contribution in [0.3, 0.4) is 0 Å². The van der Waals surface area contributed by atoms with Gasteiger partial charge in [0.1, 0.15) is 0 Å². The lowest BCUT2D eigenvalue weighted by Gasteiger charge is -2.14. The largest absolute Gasteiger partial charge is 0.271 e. The van der Waals surface area contributed by atoms with Crippen molar-refractivity contribution in [3.05, 3.63) is 28.5 Å². The van der Waals surface area contributed by atoms with Gasteiger partial charge in [-0.2, -0.15) is 0 Å². The predicted molar refractivity (Wildman–Crippen MR) is 56.9 cm³/mol. The molecule has 0 radical (unpaired) electrons. The number of nitrogens with two attached hydrogens (primary N) is 1. The first-order chi connectivity index (χ1) is 6.27. The van der Waals surface area contributed by atoms with E-state index in [2.05, 4.69) is 33.3 Å². The molecule has 0 aliphatic rings. The highest BCUT2D eigenvalue weighted by atomic mass is 79.9. The molecule has 0 aromatic carbocycles. The van der Waals surface area contributed by atoms with Crippen molar-refractivity contribution in [3.63, 3.8) is 0 Å². The second-order valence-electron chi connectivity index (χ2n) is 2.94. The van der Waals surface area contributed by atoms with E-state index in [0.29, 0.717) is 0 Å². The van der Waals surface area contributed by atoms with E-state index < -0.39 is 0 Å². The molecular formula is C9H14BrN3. The van der Waals surface area contributed by atoms with E-state index in [1.807, 2.05) is 12.3 Å². The van der Waals surface area contributed by atoms with Gasteiger partial charge in [0, 0.05) is 22.9 Å². The molecule has 1 aromatic heterocycles. The molecule has 4 heteroatoms. The highest BCUT2D eigenvalue weighted by molar-refractivity contribution is 9.10. The zero-order valence-corrected chi connectivity index (χ0v) is 9.21. The van der Waals surface area contributed by atoms with Gasteiger partial charge in [0.05, 0.1) is 0 Å². The smallest absolute Gasteiger partial charge is 0.0475 e.